The van der Waals surface area contributed by atoms with E-state index >= 15 is 0 Å². The average Bonchev–Trinajstić information content (AvgIpc) is 2.80. The van der Waals surface area contributed by atoms with Crippen LogP contribution in [0, 0.1) is 0 Å². The van der Waals surface area contributed by atoms with Crippen LogP contribution in [0.25, 0.3) is 0 Å². The Balaban J connectivity index is 1.93. The van der Waals surface area contributed by atoms with Crippen molar-refractivity contribution >= 4 is 21.4 Å². The fourth-order valence-electron chi connectivity index (χ4n) is 1.80. The fraction of sp³-hybridized carbons (Fsp3) is 0.273. The molecule has 4 nitrogen and oxygen atoms in total. The zero-order chi connectivity index (χ0) is 11.9. The summed E-state index contributed by atoms with van der Waals surface area (Å²) in [4.78, 5) is 2.52. The Kier molecular flexibility index (Phi) is 2.48. The molecule has 1 N–H and O–H groups in total. The molecule has 0 bridgehead atoms. The molecule has 1 saturated carbocycles. The monoisotopic (exact) mass is 268 g/mol. The van der Waals surface area contributed by atoms with Gasteiger partial charge >= 0.3 is 0 Å². The highest BCUT2D eigenvalue weighted by atomic mass is 32.2. The Morgan fingerprint density at radius 3 is 2.65 bits per heavy atom. The lowest BCUT2D eigenvalue weighted by Gasteiger charge is -2.08. The first kappa shape index (κ1) is 10.9. The quantitative estimate of drug-likeness (QED) is 0.925. The maximum absolute atomic E-state index is 12.2. The molecule has 2 aromatic rings. The normalized spacial score (nSPS) is 16.0. The van der Waals surface area contributed by atoms with Gasteiger partial charge in [0.2, 0.25) is 0 Å². The van der Waals surface area contributed by atoms with Crippen LogP contribution in [0.15, 0.2) is 40.2 Å². The van der Waals surface area contributed by atoms with E-state index in [0.717, 1.165) is 18.4 Å². The second-order valence-corrected chi connectivity index (χ2v) is 6.89. The number of nitrogens with zero attached hydrogens (tertiary/aromatic N) is 1. The first-order chi connectivity index (χ1) is 8.17. The molecule has 90 valence electrons. The van der Waals surface area contributed by atoms with Gasteiger partial charge in [-0.05, 0) is 47.9 Å². The molecule has 0 radical (unpaired) electrons. The van der Waals surface area contributed by atoms with Crippen LogP contribution in [0.4, 0.5) is 0 Å². The molecule has 2 heterocycles. The first-order valence-corrected chi connectivity index (χ1v) is 7.76. The van der Waals surface area contributed by atoms with Crippen molar-refractivity contribution in [3.8, 4) is 0 Å². The summed E-state index contributed by atoms with van der Waals surface area (Å²) in [5.74, 6) is 0.442. The summed E-state index contributed by atoms with van der Waals surface area (Å²) in [6.45, 7) is 0. The zero-order valence-electron chi connectivity index (χ0n) is 9.04. The largest absolute Gasteiger partial charge is 0.285 e. The van der Waals surface area contributed by atoms with Gasteiger partial charge in [0.1, 0.15) is 4.21 Å². The maximum atomic E-state index is 12.2. The van der Waals surface area contributed by atoms with Gasteiger partial charge in [-0.25, -0.2) is 4.83 Å². The molecule has 0 amide bonds. The van der Waals surface area contributed by atoms with Crippen molar-refractivity contribution in [3.63, 3.8) is 0 Å². The molecule has 1 fully saturated rings. The number of aromatic nitrogens is 1. The minimum atomic E-state index is -3.44. The van der Waals surface area contributed by atoms with Crippen molar-refractivity contribution in [1.29, 1.82) is 0 Å². The number of hydrogen-bond donors (Lipinski definition) is 1. The van der Waals surface area contributed by atoms with Crippen molar-refractivity contribution in [2.45, 2.75) is 23.0 Å². The Hall–Kier alpha value is -1.27. The van der Waals surface area contributed by atoms with E-state index in [2.05, 4.69) is 4.83 Å². The molecule has 0 unspecified atom stereocenters. The van der Waals surface area contributed by atoms with Crippen LogP contribution < -0.4 is 4.83 Å². The lowest BCUT2D eigenvalue weighted by atomic mass is 10.2. The zero-order valence-corrected chi connectivity index (χ0v) is 10.7. The molecule has 3 rings (SSSR count). The summed E-state index contributed by atoms with van der Waals surface area (Å²) in [7, 11) is -3.44. The number of nitrogens with one attached hydrogen (secondary N) is 1. The van der Waals surface area contributed by atoms with Gasteiger partial charge in [0.25, 0.3) is 10.0 Å². The summed E-state index contributed by atoms with van der Waals surface area (Å²) >= 11 is 1.28. The molecule has 17 heavy (non-hydrogen) atoms. The van der Waals surface area contributed by atoms with E-state index < -0.39 is 10.0 Å². The highest BCUT2D eigenvalue weighted by Gasteiger charge is 2.31. The van der Waals surface area contributed by atoms with Gasteiger partial charge in [0.15, 0.2) is 0 Å². The minimum absolute atomic E-state index is 0.442. The molecular weight excluding hydrogens is 256 g/mol. The molecule has 6 heteroatoms. The summed E-state index contributed by atoms with van der Waals surface area (Å²) < 4.78 is 26.3. The number of hydrogen-bond acceptors (Lipinski definition) is 3. The van der Waals surface area contributed by atoms with Gasteiger partial charge in [-0.2, -0.15) is 8.42 Å². The second-order valence-electron chi connectivity index (χ2n) is 4.12. The minimum Gasteiger partial charge on any atom is -0.261 e. The van der Waals surface area contributed by atoms with Gasteiger partial charge in [-0.3, -0.25) is 4.68 Å². The molecular formula is C11H12N2O2S2. The SMILES string of the molecule is O=S(=O)(Nn1cccc1)c1sccc1C1CC1. The first-order valence-electron chi connectivity index (χ1n) is 5.40. The van der Waals surface area contributed by atoms with E-state index in [0.29, 0.717) is 10.1 Å². The molecule has 0 saturated heterocycles. The molecule has 0 aliphatic heterocycles. The van der Waals surface area contributed by atoms with E-state index in [-0.39, 0.29) is 0 Å². The van der Waals surface area contributed by atoms with Gasteiger partial charge in [0.05, 0.1) is 0 Å². The smallest absolute Gasteiger partial charge is 0.261 e. The van der Waals surface area contributed by atoms with Crippen LogP contribution >= 0.6 is 11.3 Å². The summed E-state index contributed by atoms with van der Waals surface area (Å²) in [5.41, 5.74) is 0.967. The van der Waals surface area contributed by atoms with E-state index in [1.54, 1.807) is 24.5 Å². The van der Waals surface area contributed by atoms with Crippen LogP contribution in [-0.2, 0) is 10.0 Å². The third kappa shape index (κ3) is 2.10. The van der Waals surface area contributed by atoms with Crippen LogP contribution in [0.2, 0.25) is 0 Å². The van der Waals surface area contributed by atoms with E-state index in [1.165, 1.54) is 16.0 Å². The van der Waals surface area contributed by atoms with Gasteiger partial charge < -0.3 is 0 Å². The average molecular weight is 268 g/mol. The predicted octanol–water partition coefficient (Wildman–Crippen LogP) is 2.36. The fourth-order valence-corrected chi connectivity index (χ4v) is 4.32. The molecule has 0 aromatic carbocycles. The number of rotatable bonds is 4. The topological polar surface area (TPSA) is 51.1 Å². The Bertz CT molecular complexity index is 610. The van der Waals surface area contributed by atoms with Crippen LogP contribution in [-0.4, -0.2) is 13.1 Å². The number of sulfonamides is 1. The standard InChI is InChI=1S/C11H12N2O2S2/c14-17(15,12-13-6-1-2-7-13)11-10(5-8-16-11)9-3-4-9/h1-2,5-9,12H,3-4H2. The lowest BCUT2D eigenvalue weighted by molar-refractivity contribution is 0.596. The van der Waals surface area contributed by atoms with Crippen molar-refractivity contribution in [2.75, 3.05) is 4.83 Å². The highest BCUT2D eigenvalue weighted by Crippen LogP contribution is 2.44. The summed E-state index contributed by atoms with van der Waals surface area (Å²) in [6, 6.07) is 5.48. The molecule has 1 aliphatic rings. The molecule has 0 spiro atoms. The summed E-state index contributed by atoms with van der Waals surface area (Å²) in [6.07, 6.45) is 5.54. The highest BCUT2D eigenvalue weighted by molar-refractivity contribution is 7.94. The van der Waals surface area contributed by atoms with Crippen LogP contribution in [0.5, 0.6) is 0 Å². The summed E-state index contributed by atoms with van der Waals surface area (Å²) in [5, 5.41) is 1.85. The Morgan fingerprint density at radius 2 is 2.00 bits per heavy atom. The van der Waals surface area contributed by atoms with Crippen molar-refractivity contribution in [3.05, 3.63) is 41.5 Å². The Morgan fingerprint density at radius 1 is 1.29 bits per heavy atom. The van der Waals surface area contributed by atoms with Crippen molar-refractivity contribution in [2.24, 2.45) is 0 Å². The number of thiophene rings is 1. The molecule has 2 aromatic heterocycles. The van der Waals surface area contributed by atoms with Gasteiger partial charge in [-0.15, -0.1) is 11.3 Å². The second kappa shape index (κ2) is 3.89. The van der Waals surface area contributed by atoms with Crippen molar-refractivity contribution < 1.29 is 8.42 Å². The maximum Gasteiger partial charge on any atom is 0.285 e. The predicted molar refractivity (Wildman–Crippen MR) is 67.3 cm³/mol. The van der Waals surface area contributed by atoms with Gasteiger partial charge in [-0.1, -0.05) is 0 Å². The van der Waals surface area contributed by atoms with E-state index in [9.17, 15) is 8.42 Å². The van der Waals surface area contributed by atoms with Crippen LogP contribution in [0.1, 0.15) is 24.3 Å². The third-order valence-corrected chi connectivity index (χ3v) is 5.59. The lowest BCUT2D eigenvalue weighted by Crippen LogP contribution is -2.21. The van der Waals surface area contributed by atoms with E-state index in [1.807, 2.05) is 11.4 Å². The van der Waals surface area contributed by atoms with Gasteiger partial charge in [0, 0.05) is 12.4 Å². The molecule has 1 aliphatic carbocycles. The van der Waals surface area contributed by atoms with Crippen molar-refractivity contribution in [1.82, 2.24) is 4.68 Å². The van der Waals surface area contributed by atoms with E-state index in [4.69, 9.17) is 0 Å². The van der Waals surface area contributed by atoms with Crippen LogP contribution in [0.3, 0.4) is 0 Å². The third-order valence-electron chi connectivity index (χ3n) is 2.75. The Labute approximate surface area is 104 Å². The molecule has 0 atom stereocenters.